The second-order valence-corrected chi connectivity index (χ2v) is 5.90. The Labute approximate surface area is 98.1 Å². The van der Waals surface area contributed by atoms with Crippen molar-refractivity contribution in [2.45, 2.75) is 45.8 Å². The highest BCUT2D eigenvalue weighted by Gasteiger charge is 2.38. The lowest BCUT2D eigenvalue weighted by Gasteiger charge is -2.26. The summed E-state index contributed by atoms with van der Waals surface area (Å²) in [6.07, 6.45) is 0.889. The number of carbonyl (C=O) groups is 1. The smallest absolute Gasteiger partial charge is 0.410 e. The van der Waals surface area contributed by atoms with Crippen LogP contribution in [0.1, 0.15) is 34.1 Å². The summed E-state index contributed by atoms with van der Waals surface area (Å²) >= 11 is 0. The molecule has 0 aliphatic heterocycles. The van der Waals surface area contributed by atoms with E-state index >= 15 is 0 Å². The minimum Gasteiger partial charge on any atom is -0.444 e. The lowest BCUT2D eigenvalue weighted by Crippen LogP contribution is -2.42. The molecule has 0 heterocycles. The molecule has 1 aliphatic carbocycles. The Bertz CT molecular complexity index is 260. The van der Waals surface area contributed by atoms with Crippen LogP contribution >= 0.6 is 0 Å². The Balaban J connectivity index is 2.34. The van der Waals surface area contributed by atoms with Gasteiger partial charge in [0.1, 0.15) is 5.60 Å². The van der Waals surface area contributed by atoms with Gasteiger partial charge < -0.3 is 15.4 Å². The van der Waals surface area contributed by atoms with E-state index < -0.39 is 5.60 Å². The molecular formula is C12H24N2O2. The van der Waals surface area contributed by atoms with Crippen molar-refractivity contribution in [3.8, 4) is 0 Å². The third kappa shape index (κ3) is 4.00. The summed E-state index contributed by atoms with van der Waals surface area (Å²) < 4.78 is 5.26. The Morgan fingerprint density at radius 3 is 2.44 bits per heavy atom. The molecule has 0 bridgehead atoms. The summed E-state index contributed by atoms with van der Waals surface area (Å²) in [5.41, 5.74) is 5.58. The number of hydrogen-bond acceptors (Lipinski definition) is 3. The standard InChI is InChI=1S/C12H24N2O2/c1-8-6-9(8)10(13)7-14(5)11(15)16-12(2,3)4/h8-10H,6-7,13H2,1-5H3/t8?,9?,10-/m1/s1. The average Bonchev–Trinajstić information content (AvgIpc) is 2.79. The fraction of sp³-hybridized carbons (Fsp3) is 0.917. The van der Waals surface area contributed by atoms with E-state index in [9.17, 15) is 4.79 Å². The van der Waals surface area contributed by atoms with Crippen LogP contribution in [0.2, 0.25) is 0 Å². The molecule has 16 heavy (non-hydrogen) atoms. The van der Waals surface area contributed by atoms with E-state index in [0.29, 0.717) is 18.4 Å². The summed E-state index contributed by atoms with van der Waals surface area (Å²) in [5.74, 6) is 1.28. The minimum absolute atomic E-state index is 0.0764. The molecule has 1 saturated carbocycles. The molecule has 0 aromatic carbocycles. The van der Waals surface area contributed by atoms with E-state index in [4.69, 9.17) is 10.5 Å². The van der Waals surface area contributed by atoms with Crippen LogP contribution in [0.15, 0.2) is 0 Å². The average molecular weight is 228 g/mol. The molecule has 0 aromatic rings. The van der Waals surface area contributed by atoms with E-state index in [1.54, 1.807) is 11.9 Å². The lowest BCUT2D eigenvalue weighted by molar-refractivity contribution is 0.0285. The molecule has 2 unspecified atom stereocenters. The van der Waals surface area contributed by atoms with Gasteiger partial charge >= 0.3 is 6.09 Å². The van der Waals surface area contributed by atoms with E-state index in [-0.39, 0.29) is 12.1 Å². The number of ether oxygens (including phenoxy) is 1. The van der Waals surface area contributed by atoms with Crippen LogP contribution in [-0.4, -0.2) is 36.2 Å². The molecule has 1 aliphatic rings. The molecule has 1 fully saturated rings. The van der Waals surface area contributed by atoms with E-state index in [1.165, 1.54) is 6.42 Å². The Morgan fingerprint density at radius 2 is 2.06 bits per heavy atom. The molecule has 0 radical (unpaired) electrons. The Kier molecular flexibility index (Phi) is 3.84. The van der Waals surface area contributed by atoms with Gasteiger partial charge in [-0.3, -0.25) is 0 Å². The number of amides is 1. The number of nitrogens with two attached hydrogens (primary N) is 1. The molecule has 3 atom stereocenters. The van der Waals surface area contributed by atoms with Gasteiger partial charge in [0.15, 0.2) is 0 Å². The molecule has 0 spiro atoms. The molecular weight excluding hydrogens is 204 g/mol. The van der Waals surface area contributed by atoms with Gasteiger partial charge in [0.05, 0.1) is 0 Å². The third-order valence-corrected chi connectivity index (χ3v) is 2.91. The van der Waals surface area contributed by atoms with Crippen molar-refractivity contribution in [2.75, 3.05) is 13.6 Å². The van der Waals surface area contributed by atoms with Gasteiger partial charge in [0.2, 0.25) is 0 Å². The summed E-state index contributed by atoms with van der Waals surface area (Å²) in [4.78, 5) is 13.2. The van der Waals surface area contributed by atoms with E-state index in [0.717, 1.165) is 0 Å². The van der Waals surface area contributed by atoms with Crippen LogP contribution in [0.5, 0.6) is 0 Å². The monoisotopic (exact) mass is 228 g/mol. The van der Waals surface area contributed by atoms with E-state index in [1.807, 2.05) is 20.8 Å². The molecule has 0 aromatic heterocycles. The van der Waals surface area contributed by atoms with Crippen LogP contribution in [0.3, 0.4) is 0 Å². The van der Waals surface area contributed by atoms with Crippen molar-refractivity contribution in [2.24, 2.45) is 17.6 Å². The summed E-state index contributed by atoms with van der Waals surface area (Å²) in [7, 11) is 1.74. The lowest BCUT2D eigenvalue weighted by atomic mass is 10.1. The van der Waals surface area contributed by atoms with Gasteiger partial charge in [-0.05, 0) is 39.0 Å². The van der Waals surface area contributed by atoms with Crippen molar-refractivity contribution >= 4 is 6.09 Å². The molecule has 0 saturated heterocycles. The van der Waals surface area contributed by atoms with Crippen LogP contribution in [0.4, 0.5) is 4.79 Å². The number of nitrogens with zero attached hydrogens (tertiary/aromatic N) is 1. The van der Waals surface area contributed by atoms with Gasteiger partial charge in [-0.25, -0.2) is 4.79 Å². The topological polar surface area (TPSA) is 55.6 Å². The van der Waals surface area contributed by atoms with Crippen molar-refractivity contribution < 1.29 is 9.53 Å². The molecule has 94 valence electrons. The first-order valence-electron chi connectivity index (χ1n) is 5.90. The van der Waals surface area contributed by atoms with Crippen LogP contribution in [-0.2, 0) is 4.74 Å². The number of likely N-dealkylation sites (N-methyl/N-ethyl adjacent to an activating group) is 1. The zero-order chi connectivity index (χ0) is 12.5. The quantitative estimate of drug-likeness (QED) is 0.802. The van der Waals surface area contributed by atoms with Gasteiger partial charge in [-0.1, -0.05) is 6.92 Å². The summed E-state index contributed by atoms with van der Waals surface area (Å²) in [6, 6.07) is 0.0764. The fourth-order valence-electron chi connectivity index (χ4n) is 1.81. The van der Waals surface area contributed by atoms with Crippen molar-refractivity contribution in [1.82, 2.24) is 4.90 Å². The Morgan fingerprint density at radius 1 is 1.56 bits per heavy atom. The van der Waals surface area contributed by atoms with E-state index in [2.05, 4.69) is 6.92 Å². The maximum atomic E-state index is 11.7. The number of rotatable bonds is 3. The normalized spacial score (nSPS) is 26.1. The SMILES string of the molecule is CC1CC1[C@H](N)CN(C)C(=O)OC(C)(C)C. The van der Waals surface area contributed by atoms with Crippen LogP contribution in [0, 0.1) is 11.8 Å². The van der Waals surface area contributed by atoms with Crippen molar-refractivity contribution in [3.05, 3.63) is 0 Å². The molecule has 1 rings (SSSR count). The van der Waals surface area contributed by atoms with Gasteiger partial charge in [-0.15, -0.1) is 0 Å². The third-order valence-electron chi connectivity index (χ3n) is 2.91. The van der Waals surface area contributed by atoms with Crippen LogP contribution < -0.4 is 5.73 Å². The number of carbonyl (C=O) groups excluding carboxylic acids is 1. The first kappa shape index (κ1) is 13.3. The molecule has 2 N–H and O–H groups in total. The first-order valence-corrected chi connectivity index (χ1v) is 5.90. The molecule has 1 amide bonds. The fourth-order valence-corrected chi connectivity index (χ4v) is 1.81. The molecule has 4 nitrogen and oxygen atoms in total. The maximum absolute atomic E-state index is 11.7. The van der Waals surface area contributed by atoms with Gasteiger partial charge in [0, 0.05) is 19.6 Å². The second-order valence-electron chi connectivity index (χ2n) is 5.90. The molecule has 4 heteroatoms. The highest BCUT2D eigenvalue weighted by Crippen LogP contribution is 2.39. The predicted molar refractivity (Wildman–Crippen MR) is 64.1 cm³/mol. The second kappa shape index (κ2) is 4.62. The van der Waals surface area contributed by atoms with Gasteiger partial charge in [-0.2, -0.15) is 0 Å². The van der Waals surface area contributed by atoms with Crippen molar-refractivity contribution in [3.63, 3.8) is 0 Å². The zero-order valence-electron chi connectivity index (χ0n) is 11.0. The first-order chi connectivity index (χ1) is 7.20. The van der Waals surface area contributed by atoms with Crippen LogP contribution in [0.25, 0.3) is 0 Å². The maximum Gasteiger partial charge on any atom is 0.410 e. The minimum atomic E-state index is -0.442. The Hall–Kier alpha value is -0.770. The highest BCUT2D eigenvalue weighted by molar-refractivity contribution is 5.67. The summed E-state index contributed by atoms with van der Waals surface area (Å²) in [5, 5.41) is 0. The predicted octanol–water partition coefficient (Wildman–Crippen LogP) is 1.84. The summed E-state index contributed by atoms with van der Waals surface area (Å²) in [6.45, 7) is 8.35. The highest BCUT2D eigenvalue weighted by atomic mass is 16.6. The zero-order valence-corrected chi connectivity index (χ0v) is 11.0. The largest absolute Gasteiger partial charge is 0.444 e. The number of hydrogen-bond donors (Lipinski definition) is 1. The van der Waals surface area contributed by atoms with Crippen molar-refractivity contribution in [1.29, 1.82) is 0 Å². The van der Waals surface area contributed by atoms with Gasteiger partial charge in [0.25, 0.3) is 0 Å².